The lowest BCUT2D eigenvalue weighted by atomic mass is 10.0. The second-order valence-electron chi connectivity index (χ2n) is 4.73. The van der Waals surface area contributed by atoms with Gasteiger partial charge >= 0.3 is 0 Å². The van der Waals surface area contributed by atoms with E-state index in [-0.39, 0.29) is 12.5 Å². The summed E-state index contributed by atoms with van der Waals surface area (Å²) in [5.74, 6) is 0.0102. The first-order valence-corrected chi connectivity index (χ1v) is 7.06. The van der Waals surface area contributed by atoms with Gasteiger partial charge in [0.25, 0.3) is 5.91 Å². The number of fused-ring (bicyclic) bond motifs is 1. The average Bonchev–Trinajstić information content (AvgIpc) is 2.50. The molecule has 110 valence electrons. The van der Waals surface area contributed by atoms with Crippen LogP contribution in [0.3, 0.4) is 0 Å². The van der Waals surface area contributed by atoms with E-state index in [9.17, 15) is 4.79 Å². The first-order valence-electron chi connectivity index (χ1n) is 7.06. The van der Waals surface area contributed by atoms with Gasteiger partial charge in [-0.2, -0.15) is 0 Å². The van der Waals surface area contributed by atoms with Gasteiger partial charge in [0.1, 0.15) is 6.61 Å². The molecule has 0 fully saturated rings. The second-order valence-corrected chi connectivity index (χ2v) is 4.73. The van der Waals surface area contributed by atoms with Crippen molar-refractivity contribution in [2.24, 2.45) is 5.73 Å². The number of amides is 1. The van der Waals surface area contributed by atoms with Crippen LogP contribution in [0.2, 0.25) is 0 Å². The third-order valence-corrected chi connectivity index (χ3v) is 3.27. The van der Waals surface area contributed by atoms with Gasteiger partial charge in [0.2, 0.25) is 0 Å². The van der Waals surface area contributed by atoms with Crippen molar-refractivity contribution in [2.45, 2.75) is 12.8 Å². The number of carbonyl (C=O) groups is 1. The van der Waals surface area contributed by atoms with E-state index in [1.54, 1.807) is 0 Å². The zero-order chi connectivity index (χ0) is 14.2. The Morgan fingerprint density at radius 2 is 2.00 bits per heavy atom. The molecule has 0 saturated carbocycles. The van der Waals surface area contributed by atoms with E-state index in [0.717, 1.165) is 25.1 Å². The molecule has 0 atom stereocenters. The van der Waals surface area contributed by atoms with E-state index in [1.165, 1.54) is 5.56 Å². The normalized spacial score (nSPS) is 14.2. The molecule has 1 heterocycles. The second kappa shape index (κ2) is 7.99. The molecular weight excluding hydrogens is 256 g/mol. The van der Waals surface area contributed by atoms with Gasteiger partial charge in [-0.3, -0.25) is 4.79 Å². The van der Waals surface area contributed by atoms with E-state index in [0.29, 0.717) is 26.4 Å². The van der Waals surface area contributed by atoms with Gasteiger partial charge in [0, 0.05) is 18.8 Å². The predicted molar refractivity (Wildman–Crippen MR) is 77.8 cm³/mol. The molecule has 1 aliphatic rings. The summed E-state index contributed by atoms with van der Waals surface area (Å²) >= 11 is 0. The van der Waals surface area contributed by atoms with Crippen molar-refractivity contribution in [3.63, 3.8) is 0 Å². The molecule has 0 radical (unpaired) electrons. The number of nitrogens with zero attached hydrogens (tertiary/aromatic N) is 1. The molecular formula is C15H22N2O3. The van der Waals surface area contributed by atoms with Crippen LogP contribution in [0.5, 0.6) is 0 Å². The molecule has 0 saturated heterocycles. The van der Waals surface area contributed by atoms with Gasteiger partial charge < -0.3 is 20.1 Å². The number of rotatable bonds is 7. The van der Waals surface area contributed by atoms with Crippen LogP contribution < -0.4 is 10.6 Å². The fourth-order valence-electron chi connectivity index (χ4n) is 2.33. The molecule has 0 aromatic heterocycles. The molecule has 5 heteroatoms. The lowest BCUT2D eigenvalue weighted by molar-refractivity contribution is -0.123. The summed E-state index contributed by atoms with van der Waals surface area (Å²) in [5, 5.41) is 0. The maximum absolute atomic E-state index is 12.2. The Kier molecular flexibility index (Phi) is 5.98. The third kappa shape index (κ3) is 4.03. The van der Waals surface area contributed by atoms with E-state index < -0.39 is 0 Å². The summed E-state index contributed by atoms with van der Waals surface area (Å²) in [6.07, 6.45) is 2.04. The summed E-state index contributed by atoms with van der Waals surface area (Å²) < 4.78 is 10.5. The standard InChI is InChI=1S/C15H22N2O3/c16-7-9-19-10-11-20-12-15(18)17-8-3-5-13-4-1-2-6-14(13)17/h1-2,4,6H,3,5,7-12,16H2. The molecule has 1 aromatic carbocycles. The number of nitrogens with two attached hydrogens (primary N) is 1. The number of aryl methyl sites for hydroxylation is 1. The Bertz CT molecular complexity index is 437. The lowest BCUT2D eigenvalue weighted by Gasteiger charge is -2.29. The van der Waals surface area contributed by atoms with Crippen molar-refractivity contribution in [1.82, 2.24) is 0 Å². The van der Waals surface area contributed by atoms with E-state index >= 15 is 0 Å². The molecule has 2 rings (SSSR count). The molecule has 0 aliphatic carbocycles. The number of para-hydroxylation sites is 1. The number of hydrogen-bond donors (Lipinski definition) is 1. The van der Waals surface area contributed by atoms with Crippen LogP contribution in [0.15, 0.2) is 24.3 Å². The van der Waals surface area contributed by atoms with Crippen molar-refractivity contribution in [1.29, 1.82) is 0 Å². The molecule has 5 nitrogen and oxygen atoms in total. The molecule has 1 amide bonds. The molecule has 2 N–H and O–H groups in total. The van der Waals surface area contributed by atoms with E-state index in [1.807, 2.05) is 23.1 Å². The molecule has 0 unspecified atom stereocenters. The van der Waals surface area contributed by atoms with Crippen molar-refractivity contribution in [2.75, 3.05) is 44.4 Å². The van der Waals surface area contributed by atoms with Crippen molar-refractivity contribution >= 4 is 11.6 Å². The highest BCUT2D eigenvalue weighted by atomic mass is 16.5. The summed E-state index contributed by atoms with van der Waals surface area (Å²) in [7, 11) is 0. The Morgan fingerprint density at radius 3 is 2.85 bits per heavy atom. The van der Waals surface area contributed by atoms with Gasteiger partial charge in [-0.25, -0.2) is 0 Å². The number of carbonyl (C=O) groups excluding carboxylic acids is 1. The molecule has 20 heavy (non-hydrogen) atoms. The monoisotopic (exact) mass is 278 g/mol. The Morgan fingerprint density at radius 1 is 1.20 bits per heavy atom. The molecule has 0 spiro atoms. The highest BCUT2D eigenvalue weighted by Gasteiger charge is 2.21. The number of anilines is 1. The van der Waals surface area contributed by atoms with Crippen molar-refractivity contribution < 1.29 is 14.3 Å². The Labute approximate surface area is 119 Å². The Balaban J connectivity index is 1.79. The third-order valence-electron chi connectivity index (χ3n) is 3.27. The van der Waals surface area contributed by atoms with Gasteiger partial charge in [-0.1, -0.05) is 18.2 Å². The largest absolute Gasteiger partial charge is 0.378 e. The van der Waals surface area contributed by atoms with Crippen LogP contribution in [0.25, 0.3) is 0 Å². The van der Waals surface area contributed by atoms with E-state index in [4.69, 9.17) is 15.2 Å². The van der Waals surface area contributed by atoms with Crippen LogP contribution >= 0.6 is 0 Å². The first-order chi connectivity index (χ1) is 9.83. The predicted octanol–water partition coefficient (Wildman–Crippen LogP) is 0.958. The van der Waals surface area contributed by atoms with Crippen LogP contribution in [-0.2, 0) is 20.7 Å². The van der Waals surface area contributed by atoms with Crippen LogP contribution in [0.1, 0.15) is 12.0 Å². The summed E-state index contributed by atoms with van der Waals surface area (Å²) in [4.78, 5) is 14.0. The molecule has 1 aromatic rings. The van der Waals surface area contributed by atoms with Gasteiger partial charge in [0.05, 0.1) is 19.8 Å². The summed E-state index contributed by atoms with van der Waals surface area (Å²) in [5.41, 5.74) is 7.56. The quantitative estimate of drug-likeness (QED) is 0.754. The van der Waals surface area contributed by atoms with Crippen molar-refractivity contribution in [3.05, 3.63) is 29.8 Å². The fourth-order valence-corrected chi connectivity index (χ4v) is 2.33. The maximum Gasteiger partial charge on any atom is 0.252 e. The van der Waals surface area contributed by atoms with E-state index in [2.05, 4.69) is 6.07 Å². The average molecular weight is 278 g/mol. The van der Waals surface area contributed by atoms with Crippen molar-refractivity contribution in [3.8, 4) is 0 Å². The smallest absolute Gasteiger partial charge is 0.252 e. The first kappa shape index (κ1) is 15.0. The minimum absolute atomic E-state index is 0.0102. The molecule has 1 aliphatic heterocycles. The molecule has 0 bridgehead atoms. The van der Waals surface area contributed by atoms with Crippen LogP contribution in [-0.4, -0.2) is 45.4 Å². The zero-order valence-corrected chi connectivity index (χ0v) is 11.7. The maximum atomic E-state index is 12.2. The zero-order valence-electron chi connectivity index (χ0n) is 11.7. The lowest BCUT2D eigenvalue weighted by Crippen LogP contribution is -2.38. The highest BCUT2D eigenvalue weighted by molar-refractivity contribution is 5.95. The highest BCUT2D eigenvalue weighted by Crippen LogP contribution is 2.26. The summed E-state index contributed by atoms with van der Waals surface area (Å²) in [6, 6.07) is 8.05. The topological polar surface area (TPSA) is 64.8 Å². The van der Waals surface area contributed by atoms with Crippen LogP contribution in [0, 0.1) is 0 Å². The van der Waals surface area contributed by atoms with Gasteiger partial charge in [0.15, 0.2) is 0 Å². The van der Waals surface area contributed by atoms with Gasteiger partial charge in [-0.05, 0) is 24.5 Å². The SMILES string of the molecule is NCCOCCOCC(=O)N1CCCc2ccccc21. The van der Waals surface area contributed by atoms with Gasteiger partial charge in [-0.15, -0.1) is 0 Å². The number of ether oxygens (including phenoxy) is 2. The number of benzene rings is 1. The Hall–Kier alpha value is -1.43. The number of hydrogen-bond acceptors (Lipinski definition) is 4. The minimum Gasteiger partial charge on any atom is -0.378 e. The van der Waals surface area contributed by atoms with Crippen LogP contribution in [0.4, 0.5) is 5.69 Å². The minimum atomic E-state index is 0.0102. The fraction of sp³-hybridized carbons (Fsp3) is 0.533. The summed E-state index contributed by atoms with van der Waals surface area (Å²) in [6.45, 7) is 2.78.